The maximum absolute atomic E-state index is 10.4. The third-order valence-corrected chi connectivity index (χ3v) is 1.65. The molecule has 1 rings (SSSR count). The van der Waals surface area contributed by atoms with E-state index in [1.807, 2.05) is 0 Å². The molecule has 5 N–H and O–H groups in total. The van der Waals surface area contributed by atoms with Crippen LogP contribution in [0.3, 0.4) is 0 Å². The molecular formula is C8H11ClN2O5. The van der Waals surface area contributed by atoms with E-state index in [9.17, 15) is 14.9 Å². The van der Waals surface area contributed by atoms with E-state index in [2.05, 4.69) is 0 Å². The standard InChI is InChI=1S/C8H8N2O4.ClH.H2O/c9-6-2-1-5(4-8(11)12)3-7(6)10(13)14;;/h1-3H,4,9H2,(H,11,12);1H;1H2. The molecule has 0 saturated heterocycles. The van der Waals surface area contributed by atoms with Crippen LogP contribution < -0.4 is 5.73 Å². The Hall–Kier alpha value is -1.86. The summed E-state index contributed by atoms with van der Waals surface area (Å²) in [4.78, 5) is 20.1. The number of aliphatic carboxylic acids is 1. The fraction of sp³-hybridized carbons (Fsp3) is 0.125. The molecular weight excluding hydrogens is 240 g/mol. The lowest BCUT2D eigenvalue weighted by molar-refractivity contribution is -0.383. The first-order chi connectivity index (χ1) is 6.50. The van der Waals surface area contributed by atoms with Crippen LogP contribution in [0.25, 0.3) is 0 Å². The van der Waals surface area contributed by atoms with Crippen molar-refractivity contribution < 1.29 is 20.3 Å². The monoisotopic (exact) mass is 250 g/mol. The van der Waals surface area contributed by atoms with Crippen molar-refractivity contribution >= 4 is 29.8 Å². The van der Waals surface area contributed by atoms with Gasteiger partial charge in [-0.2, -0.15) is 0 Å². The number of benzene rings is 1. The summed E-state index contributed by atoms with van der Waals surface area (Å²) in [7, 11) is 0. The lowest BCUT2D eigenvalue weighted by atomic mass is 10.1. The van der Waals surface area contributed by atoms with Crippen LogP contribution in [-0.2, 0) is 11.2 Å². The van der Waals surface area contributed by atoms with Crippen molar-refractivity contribution in [3.8, 4) is 0 Å². The highest BCUT2D eigenvalue weighted by Crippen LogP contribution is 2.22. The first kappa shape index (κ1) is 16.6. The van der Waals surface area contributed by atoms with E-state index in [1.165, 1.54) is 18.2 Å². The van der Waals surface area contributed by atoms with Gasteiger partial charge in [-0.25, -0.2) is 0 Å². The molecule has 7 nitrogen and oxygen atoms in total. The Morgan fingerprint density at radius 2 is 2.06 bits per heavy atom. The number of rotatable bonds is 3. The van der Waals surface area contributed by atoms with E-state index < -0.39 is 10.9 Å². The summed E-state index contributed by atoms with van der Waals surface area (Å²) in [6, 6.07) is 3.95. The molecule has 90 valence electrons. The Balaban J connectivity index is 0. The first-order valence-electron chi connectivity index (χ1n) is 3.75. The molecule has 0 unspecified atom stereocenters. The number of carboxylic acid groups (broad SMARTS) is 1. The quantitative estimate of drug-likeness (QED) is 0.454. The number of anilines is 1. The zero-order valence-corrected chi connectivity index (χ0v) is 8.86. The van der Waals surface area contributed by atoms with Crippen molar-refractivity contribution in [2.45, 2.75) is 6.42 Å². The Labute approximate surface area is 96.7 Å². The molecule has 0 radical (unpaired) electrons. The van der Waals surface area contributed by atoms with Gasteiger partial charge in [0.25, 0.3) is 5.69 Å². The number of nitrogens with zero attached hydrogens (tertiary/aromatic N) is 1. The van der Waals surface area contributed by atoms with Gasteiger partial charge >= 0.3 is 5.97 Å². The zero-order valence-electron chi connectivity index (χ0n) is 8.04. The van der Waals surface area contributed by atoms with Crippen molar-refractivity contribution in [3.63, 3.8) is 0 Å². The molecule has 0 amide bonds. The molecule has 0 heterocycles. The third kappa shape index (κ3) is 4.11. The number of nitrogen functional groups attached to an aromatic ring is 1. The number of carboxylic acids is 1. The van der Waals surface area contributed by atoms with Gasteiger partial charge in [0.1, 0.15) is 5.69 Å². The minimum atomic E-state index is -1.04. The summed E-state index contributed by atoms with van der Waals surface area (Å²) >= 11 is 0. The van der Waals surface area contributed by atoms with E-state index in [4.69, 9.17) is 10.8 Å². The molecule has 0 atom stereocenters. The Bertz CT molecular complexity index is 396. The number of hydrogen-bond acceptors (Lipinski definition) is 4. The topological polar surface area (TPSA) is 138 Å². The van der Waals surface area contributed by atoms with Gasteiger partial charge in [0.05, 0.1) is 11.3 Å². The van der Waals surface area contributed by atoms with Gasteiger partial charge < -0.3 is 16.3 Å². The normalized spacial score (nSPS) is 8.50. The molecule has 0 bridgehead atoms. The number of nitro groups is 1. The van der Waals surface area contributed by atoms with Gasteiger partial charge in [-0.1, -0.05) is 6.07 Å². The third-order valence-electron chi connectivity index (χ3n) is 1.65. The largest absolute Gasteiger partial charge is 0.481 e. The second-order valence-electron chi connectivity index (χ2n) is 2.72. The fourth-order valence-electron chi connectivity index (χ4n) is 1.03. The van der Waals surface area contributed by atoms with E-state index in [-0.39, 0.29) is 35.7 Å². The van der Waals surface area contributed by atoms with Crippen LogP contribution in [0.5, 0.6) is 0 Å². The van der Waals surface area contributed by atoms with Crippen molar-refractivity contribution in [2.75, 3.05) is 5.73 Å². The molecule has 16 heavy (non-hydrogen) atoms. The predicted octanol–water partition coefficient (Wildman–Crippen LogP) is 0.401. The predicted molar refractivity (Wildman–Crippen MR) is 59.7 cm³/mol. The second kappa shape index (κ2) is 6.59. The van der Waals surface area contributed by atoms with Crippen LogP contribution in [-0.4, -0.2) is 21.5 Å². The summed E-state index contributed by atoms with van der Waals surface area (Å²) in [5, 5.41) is 18.9. The van der Waals surface area contributed by atoms with Crippen LogP contribution in [0.15, 0.2) is 18.2 Å². The molecule has 1 aromatic rings. The highest BCUT2D eigenvalue weighted by atomic mass is 35.5. The van der Waals surface area contributed by atoms with Crippen LogP contribution >= 0.6 is 12.4 Å². The van der Waals surface area contributed by atoms with Crippen LogP contribution in [0.1, 0.15) is 5.56 Å². The first-order valence-corrected chi connectivity index (χ1v) is 3.75. The van der Waals surface area contributed by atoms with Gasteiger partial charge in [-0.15, -0.1) is 12.4 Å². The SMILES string of the molecule is Cl.Nc1ccc(CC(=O)O)cc1[N+](=O)[O-].O. The highest BCUT2D eigenvalue weighted by molar-refractivity contribution is 5.85. The van der Waals surface area contributed by atoms with Gasteiger partial charge in [0.15, 0.2) is 0 Å². The number of halogens is 1. The second-order valence-corrected chi connectivity index (χ2v) is 2.72. The van der Waals surface area contributed by atoms with Crippen molar-refractivity contribution in [1.82, 2.24) is 0 Å². The van der Waals surface area contributed by atoms with Gasteiger partial charge in [-0.05, 0) is 11.6 Å². The lowest BCUT2D eigenvalue weighted by Gasteiger charge is -1.99. The van der Waals surface area contributed by atoms with Gasteiger partial charge in [0, 0.05) is 6.07 Å². The number of nitrogens with two attached hydrogens (primary N) is 1. The fourth-order valence-corrected chi connectivity index (χ4v) is 1.03. The molecule has 0 spiro atoms. The van der Waals surface area contributed by atoms with E-state index >= 15 is 0 Å². The van der Waals surface area contributed by atoms with Gasteiger partial charge in [-0.3, -0.25) is 14.9 Å². The van der Waals surface area contributed by atoms with Crippen LogP contribution in [0.4, 0.5) is 11.4 Å². The minimum Gasteiger partial charge on any atom is -0.481 e. The maximum atomic E-state index is 10.4. The van der Waals surface area contributed by atoms with Gasteiger partial charge in [0.2, 0.25) is 0 Å². The molecule has 1 aromatic carbocycles. The van der Waals surface area contributed by atoms with Crippen LogP contribution in [0.2, 0.25) is 0 Å². The van der Waals surface area contributed by atoms with Crippen molar-refractivity contribution in [2.24, 2.45) is 0 Å². The lowest BCUT2D eigenvalue weighted by Crippen LogP contribution is -2.02. The summed E-state index contributed by atoms with van der Waals surface area (Å²) in [6.07, 6.45) is -0.249. The summed E-state index contributed by atoms with van der Waals surface area (Å²) in [5.41, 5.74) is 5.46. The van der Waals surface area contributed by atoms with Crippen molar-refractivity contribution in [1.29, 1.82) is 0 Å². The zero-order chi connectivity index (χ0) is 10.7. The number of nitro benzene ring substituents is 1. The molecule has 0 aromatic heterocycles. The number of carbonyl (C=O) groups is 1. The average molecular weight is 251 g/mol. The molecule has 0 saturated carbocycles. The molecule has 0 fully saturated rings. The molecule has 0 aliphatic rings. The Morgan fingerprint density at radius 3 is 2.50 bits per heavy atom. The number of hydrogen-bond donors (Lipinski definition) is 2. The Kier molecular flexibility index (Phi) is 6.82. The summed E-state index contributed by atoms with van der Waals surface area (Å²) < 4.78 is 0. The minimum absolute atomic E-state index is 0. The highest BCUT2D eigenvalue weighted by Gasteiger charge is 2.12. The van der Waals surface area contributed by atoms with E-state index in [0.29, 0.717) is 5.56 Å². The van der Waals surface area contributed by atoms with E-state index in [0.717, 1.165) is 0 Å². The van der Waals surface area contributed by atoms with Crippen LogP contribution in [0, 0.1) is 10.1 Å². The summed E-state index contributed by atoms with van der Waals surface area (Å²) in [5.74, 6) is -1.04. The average Bonchev–Trinajstić information content (AvgIpc) is 2.07. The smallest absolute Gasteiger partial charge is 0.307 e. The van der Waals surface area contributed by atoms with Crippen molar-refractivity contribution in [3.05, 3.63) is 33.9 Å². The summed E-state index contributed by atoms with van der Waals surface area (Å²) in [6.45, 7) is 0. The molecule has 8 heteroatoms. The maximum Gasteiger partial charge on any atom is 0.307 e. The van der Waals surface area contributed by atoms with E-state index in [1.54, 1.807) is 0 Å². The Morgan fingerprint density at radius 1 is 1.50 bits per heavy atom. The molecule has 0 aliphatic heterocycles. The molecule has 0 aliphatic carbocycles.